The fourth-order valence-electron chi connectivity index (χ4n) is 2.99. The molecule has 0 aliphatic heterocycles. The normalized spacial score (nSPS) is 14.9. The number of para-hydroxylation sites is 1. The summed E-state index contributed by atoms with van der Waals surface area (Å²) in [5.41, 5.74) is 1.66. The minimum Gasteiger partial charge on any atom is -0.494 e. The molecule has 0 spiro atoms. The van der Waals surface area contributed by atoms with Gasteiger partial charge in [0.25, 0.3) is 0 Å². The number of ether oxygens (including phenoxy) is 1. The summed E-state index contributed by atoms with van der Waals surface area (Å²) in [5, 5.41) is 3.45. The van der Waals surface area contributed by atoms with E-state index in [2.05, 4.69) is 51.2 Å². The molecule has 0 fully saturated rings. The van der Waals surface area contributed by atoms with Crippen molar-refractivity contribution in [2.24, 2.45) is 11.3 Å². The number of rotatable bonds is 7. The molecule has 2 nitrogen and oxygen atoms in total. The zero-order chi connectivity index (χ0) is 15.2. The van der Waals surface area contributed by atoms with Crippen LogP contribution in [-0.4, -0.2) is 13.7 Å². The molecule has 1 aromatic carbocycles. The molecule has 0 aromatic heterocycles. The monoisotopic (exact) mass is 277 g/mol. The van der Waals surface area contributed by atoms with Crippen molar-refractivity contribution in [3.63, 3.8) is 0 Å². The zero-order valence-electron chi connectivity index (χ0n) is 14.0. The maximum absolute atomic E-state index is 5.76. The SMILES string of the molecule is CCOc1ccccc1C(CC(C)CC(C)(C)C)NC. The van der Waals surface area contributed by atoms with E-state index in [1.54, 1.807) is 0 Å². The molecular formula is C18H31NO. The first-order valence-corrected chi connectivity index (χ1v) is 7.76. The Balaban J connectivity index is 2.80. The van der Waals surface area contributed by atoms with E-state index in [0.717, 1.165) is 12.2 Å². The maximum Gasteiger partial charge on any atom is 0.124 e. The molecule has 2 heteroatoms. The van der Waals surface area contributed by atoms with Gasteiger partial charge in [-0.25, -0.2) is 0 Å². The van der Waals surface area contributed by atoms with Crippen molar-refractivity contribution in [3.05, 3.63) is 29.8 Å². The van der Waals surface area contributed by atoms with Crippen LogP contribution in [0.2, 0.25) is 0 Å². The highest BCUT2D eigenvalue weighted by Gasteiger charge is 2.21. The summed E-state index contributed by atoms with van der Waals surface area (Å²) in [7, 11) is 2.04. The minimum atomic E-state index is 0.357. The van der Waals surface area contributed by atoms with Crippen molar-refractivity contribution in [1.29, 1.82) is 0 Å². The fraction of sp³-hybridized carbons (Fsp3) is 0.667. The van der Waals surface area contributed by atoms with Gasteiger partial charge in [0.1, 0.15) is 5.75 Å². The zero-order valence-corrected chi connectivity index (χ0v) is 14.0. The second-order valence-corrected chi connectivity index (χ2v) is 6.92. The van der Waals surface area contributed by atoms with Crippen LogP contribution in [0, 0.1) is 11.3 Å². The Bertz CT molecular complexity index is 395. The van der Waals surface area contributed by atoms with E-state index in [9.17, 15) is 0 Å². The van der Waals surface area contributed by atoms with Crippen LogP contribution in [0.1, 0.15) is 59.1 Å². The number of benzene rings is 1. The highest BCUT2D eigenvalue weighted by Crippen LogP contribution is 2.33. The lowest BCUT2D eigenvalue weighted by atomic mass is 9.82. The molecule has 0 saturated carbocycles. The molecule has 1 aromatic rings. The van der Waals surface area contributed by atoms with Gasteiger partial charge in [0.15, 0.2) is 0 Å². The van der Waals surface area contributed by atoms with Crippen molar-refractivity contribution in [2.75, 3.05) is 13.7 Å². The molecule has 0 radical (unpaired) electrons. The number of nitrogens with one attached hydrogen (secondary N) is 1. The predicted molar refractivity (Wildman–Crippen MR) is 87.3 cm³/mol. The smallest absolute Gasteiger partial charge is 0.124 e. The van der Waals surface area contributed by atoms with Crippen molar-refractivity contribution in [2.45, 2.75) is 53.5 Å². The van der Waals surface area contributed by atoms with Crippen molar-refractivity contribution in [1.82, 2.24) is 5.32 Å². The molecule has 0 heterocycles. The van der Waals surface area contributed by atoms with E-state index in [0.29, 0.717) is 24.0 Å². The van der Waals surface area contributed by atoms with Crippen LogP contribution >= 0.6 is 0 Å². The molecule has 20 heavy (non-hydrogen) atoms. The quantitative estimate of drug-likeness (QED) is 0.772. The molecule has 2 unspecified atom stereocenters. The predicted octanol–water partition coefficient (Wildman–Crippen LogP) is 4.81. The molecule has 0 saturated heterocycles. The van der Waals surface area contributed by atoms with E-state index in [1.165, 1.54) is 12.0 Å². The van der Waals surface area contributed by atoms with Gasteiger partial charge in [0.2, 0.25) is 0 Å². The lowest BCUT2D eigenvalue weighted by molar-refractivity contribution is 0.275. The van der Waals surface area contributed by atoms with Gasteiger partial charge in [-0.05, 0) is 44.2 Å². The Morgan fingerprint density at radius 2 is 1.85 bits per heavy atom. The molecule has 2 atom stereocenters. The van der Waals surface area contributed by atoms with Crippen LogP contribution in [0.25, 0.3) is 0 Å². The van der Waals surface area contributed by atoms with Crippen LogP contribution in [-0.2, 0) is 0 Å². The standard InChI is InChI=1S/C18H31NO/c1-7-20-17-11-9-8-10-15(17)16(19-6)12-14(2)13-18(3,4)5/h8-11,14,16,19H,7,12-13H2,1-6H3. The van der Waals surface area contributed by atoms with Crippen LogP contribution in [0.4, 0.5) is 0 Å². The molecule has 1 N–H and O–H groups in total. The average Bonchev–Trinajstić information content (AvgIpc) is 2.35. The number of hydrogen-bond donors (Lipinski definition) is 1. The molecule has 0 amide bonds. The van der Waals surface area contributed by atoms with Crippen molar-refractivity contribution >= 4 is 0 Å². The van der Waals surface area contributed by atoms with Gasteiger partial charge in [-0.2, -0.15) is 0 Å². The summed E-state index contributed by atoms with van der Waals surface area (Å²) in [6.07, 6.45) is 2.37. The molecule has 0 bridgehead atoms. The summed E-state index contributed by atoms with van der Waals surface area (Å²) >= 11 is 0. The topological polar surface area (TPSA) is 21.3 Å². The second-order valence-electron chi connectivity index (χ2n) is 6.92. The average molecular weight is 277 g/mol. The van der Waals surface area contributed by atoms with Gasteiger partial charge in [-0.3, -0.25) is 0 Å². The Hall–Kier alpha value is -1.02. The van der Waals surface area contributed by atoms with Gasteiger partial charge in [-0.1, -0.05) is 45.9 Å². The first kappa shape index (κ1) is 17.0. The Kier molecular flexibility index (Phi) is 6.54. The first-order valence-electron chi connectivity index (χ1n) is 7.76. The van der Waals surface area contributed by atoms with E-state index in [-0.39, 0.29) is 0 Å². The molecular weight excluding hydrogens is 246 g/mol. The van der Waals surface area contributed by atoms with E-state index in [1.807, 2.05) is 20.0 Å². The summed E-state index contributed by atoms with van der Waals surface area (Å²) in [6.45, 7) is 12.0. The third-order valence-corrected chi connectivity index (χ3v) is 3.54. The largest absolute Gasteiger partial charge is 0.494 e. The van der Waals surface area contributed by atoms with Gasteiger partial charge >= 0.3 is 0 Å². The highest BCUT2D eigenvalue weighted by atomic mass is 16.5. The first-order chi connectivity index (χ1) is 9.37. The van der Waals surface area contributed by atoms with E-state index >= 15 is 0 Å². The lowest BCUT2D eigenvalue weighted by Crippen LogP contribution is -2.22. The van der Waals surface area contributed by atoms with E-state index < -0.39 is 0 Å². The third kappa shape index (κ3) is 5.54. The maximum atomic E-state index is 5.76. The van der Waals surface area contributed by atoms with Crippen LogP contribution in [0.5, 0.6) is 5.75 Å². The highest BCUT2D eigenvalue weighted by molar-refractivity contribution is 5.36. The van der Waals surface area contributed by atoms with Crippen molar-refractivity contribution in [3.8, 4) is 5.75 Å². The molecule has 1 rings (SSSR count). The van der Waals surface area contributed by atoms with Crippen molar-refractivity contribution < 1.29 is 4.74 Å². The molecule has 0 aliphatic rings. The minimum absolute atomic E-state index is 0.357. The van der Waals surface area contributed by atoms with E-state index in [4.69, 9.17) is 4.74 Å². The van der Waals surface area contributed by atoms with Gasteiger partial charge in [-0.15, -0.1) is 0 Å². The molecule has 114 valence electrons. The van der Waals surface area contributed by atoms with Crippen LogP contribution in [0.15, 0.2) is 24.3 Å². The Morgan fingerprint density at radius 3 is 2.40 bits per heavy atom. The van der Waals surface area contributed by atoms with Crippen LogP contribution < -0.4 is 10.1 Å². The van der Waals surface area contributed by atoms with Crippen LogP contribution in [0.3, 0.4) is 0 Å². The van der Waals surface area contributed by atoms with Gasteiger partial charge in [0, 0.05) is 11.6 Å². The summed E-state index contributed by atoms with van der Waals surface area (Å²) in [5.74, 6) is 1.69. The third-order valence-electron chi connectivity index (χ3n) is 3.54. The summed E-state index contributed by atoms with van der Waals surface area (Å²) in [6, 6.07) is 8.74. The summed E-state index contributed by atoms with van der Waals surface area (Å²) < 4.78 is 5.76. The van der Waals surface area contributed by atoms with Gasteiger partial charge in [0.05, 0.1) is 6.61 Å². The second kappa shape index (κ2) is 7.68. The lowest BCUT2D eigenvalue weighted by Gasteiger charge is -2.27. The number of hydrogen-bond acceptors (Lipinski definition) is 2. The molecule has 0 aliphatic carbocycles. The Labute approximate surface area is 124 Å². The van der Waals surface area contributed by atoms with Gasteiger partial charge < -0.3 is 10.1 Å². The Morgan fingerprint density at radius 1 is 1.20 bits per heavy atom. The summed E-state index contributed by atoms with van der Waals surface area (Å²) in [4.78, 5) is 0. The fourth-order valence-corrected chi connectivity index (χ4v) is 2.99.